The smallest absolute Gasteiger partial charge is 0.231 e. The molecule has 2 aromatic carbocycles. The summed E-state index contributed by atoms with van der Waals surface area (Å²) < 4.78 is 15.9. The van der Waals surface area contributed by atoms with Crippen LogP contribution in [0.4, 0.5) is 5.69 Å². The van der Waals surface area contributed by atoms with Crippen molar-refractivity contribution in [3.8, 4) is 17.2 Å². The monoisotopic (exact) mass is 469 g/mol. The SMILES string of the molecule is COc1ccc(NC(N)=NCC(C)(C)c2ccc3c(c2)OCO3)cc1.I. The van der Waals surface area contributed by atoms with Crippen LogP contribution in [0.1, 0.15) is 19.4 Å². The molecule has 6 nitrogen and oxygen atoms in total. The lowest BCUT2D eigenvalue weighted by Crippen LogP contribution is -2.27. The average Bonchev–Trinajstić information content (AvgIpc) is 3.08. The fraction of sp³-hybridized carbons (Fsp3) is 0.316. The molecule has 0 aromatic heterocycles. The van der Waals surface area contributed by atoms with E-state index in [1.54, 1.807) is 7.11 Å². The number of nitrogens with two attached hydrogens (primary N) is 1. The summed E-state index contributed by atoms with van der Waals surface area (Å²) in [5.74, 6) is 2.73. The normalized spacial score (nSPS) is 13.1. The Labute approximate surface area is 170 Å². The minimum atomic E-state index is -0.187. The highest BCUT2D eigenvalue weighted by molar-refractivity contribution is 14.0. The van der Waals surface area contributed by atoms with Crippen molar-refractivity contribution in [3.05, 3.63) is 48.0 Å². The number of ether oxygens (including phenoxy) is 3. The number of aliphatic imine (C=N–C) groups is 1. The van der Waals surface area contributed by atoms with E-state index in [1.165, 1.54) is 0 Å². The second kappa shape index (κ2) is 8.48. The highest BCUT2D eigenvalue weighted by Gasteiger charge is 2.24. The van der Waals surface area contributed by atoms with Crippen molar-refractivity contribution in [2.24, 2.45) is 10.7 Å². The zero-order chi connectivity index (χ0) is 17.9. The van der Waals surface area contributed by atoms with Crippen LogP contribution in [0, 0.1) is 0 Å². The van der Waals surface area contributed by atoms with Crippen molar-refractivity contribution in [2.45, 2.75) is 19.3 Å². The summed E-state index contributed by atoms with van der Waals surface area (Å²) in [5.41, 5.74) is 7.81. The summed E-state index contributed by atoms with van der Waals surface area (Å²) in [6.45, 7) is 5.06. The molecule has 3 rings (SSSR count). The molecule has 0 unspecified atom stereocenters. The van der Waals surface area contributed by atoms with Gasteiger partial charge in [0.15, 0.2) is 17.5 Å². The Morgan fingerprint density at radius 1 is 1.15 bits per heavy atom. The molecule has 26 heavy (non-hydrogen) atoms. The van der Waals surface area contributed by atoms with E-state index in [2.05, 4.69) is 24.2 Å². The van der Waals surface area contributed by atoms with Crippen LogP contribution in [0.2, 0.25) is 0 Å². The lowest BCUT2D eigenvalue weighted by atomic mass is 9.84. The molecular weight excluding hydrogens is 445 g/mol. The number of rotatable bonds is 5. The van der Waals surface area contributed by atoms with Gasteiger partial charge >= 0.3 is 0 Å². The Bertz CT molecular complexity index is 776. The maximum Gasteiger partial charge on any atom is 0.231 e. The van der Waals surface area contributed by atoms with E-state index < -0.39 is 0 Å². The van der Waals surface area contributed by atoms with Gasteiger partial charge in [-0.25, -0.2) is 0 Å². The van der Waals surface area contributed by atoms with Crippen LogP contribution in [0.5, 0.6) is 17.2 Å². The van der Waals surface area contributed by atoms with E-state index in [0.29, 0.717) is 12.5 Å². The van der Waals surface area contributed by atoms with Gasteiger partial charge in [-0.1, -0.05) is 19.9 Å². The number of hydrogen-bond donors (Lipinski definition) is 2. The number of fused-ring (bicyclic) bond motifs is 1. The predicted molar refractivity (Wildman–Crippen MR) is 114 cm³/mol. The Morgan fingerprint density at radius 3 is 2.54 bits per heavy atom. The van der Waals surface area contributed by atoms with Gasteiger partial charge in [-0.3, -0.25) is 4.99 Å². The number of methoxy groups -OCH3 is 1. The lowest BCUT2D eigenvalue weighted by Gasteiger charge is -2.23. The van der Waals surface area contributed by atoms with E-state index >= 15 is 0 Å². The van der Waals surface area contributed by atoms with Gasteiger partial charge in [-0.05, 0) is 42.0 Å². The van der Waals surface area contributed by atoms with Gasteiger partial charge in [0, 0.05) is 11.1 Å². The Kier molecular flexibility index (Phi) is 6.57. The summed E-state index contributed by atoms with van der Waals surface area (Å²) in [6, 6.07) is 13.5. The zero-order valence-corrected chi connectivity index (χ0v) is 17.4. The van der Waals surface area contributed by atoms with E-state index in [0.717, 1.165) is 28.5 Å². The van der Waals surface area contributed by atoms with Crippen molar-refractivity contribution in [3.63, 3.8) is 0 Å². The summed E-state index contributed by atoms with van der Waals surface area (Å²) in [4.78, 5) is 4.48. The summed E-state index contributed by atoms with van der Waals surface area (Å²) >= 11 is 0. The molecule has 0 fully saturated rings. The van der Waals surface area contributed by atoms with Gasteiger partial charge in [0.1, 0.15) is 5.75 Å². The quantitative estimate of drug-likeness (QED) is 0.396. The molecule has 0 bridgehead atoms. The fourth-order valence-corrected chi connectivity index (χ4v) is 2.55. The number of anilines is 1. The summed E-state index contributed by atoms with van der Waals surface area (Å²) in [5, 5.41) is 3.09. The zero-order valence-electron chi connectivity index (χ0n) is 15.1. The topological polar surface area (TPSA) is 78.1 Å². The first-order chi connectivity index (χ1) is 12.0. The standard InChI is InChI=1S/C19H23N3O3.HI/c1-19(2,13-4-9-16-17(10-13)25-12-24-16)11-21-18(20)22-14-5-7-15(23-3)8-6-14;/h4-10H,11-12H2,1-3H3,(H3,20,21,22);1H. The number of halogens is 1. The third-order valence-electron chi connectivity index (χ3n) is 4.16. The molecule has 0 saturated heterocycles. The minimum absolute atomic E-state index is 0. The van der Waals surface area contributed by atoms with Crippen LogP contribution >= 0.6 is 24.0 Å². The maximum atomic E-state index is 6.01. The number of hydrogen-bond acceptors (Lipinski definition) is 4. The number of nitrogens with zero attached hydrogens (tertiary/aromatic N) is 1. The van der Waals surface area contributed by atoms with Crippen molar-refractivity contribution < 1.29 is 14.2 Å². The molecule has 0 atom stereocenters. The van der Waals surface area contributed by atoms with Crippen molar-refractivity contribution in [1.29, 1.82) is 0 Å². The highest BCUT2D eigenvalue weighted by Crippen LogP contribution is 2.36. The molecule has 0 spiro atoms. The third kappa shape index (κ3) is 4.72. The molecule has 1 heterocycles. The second-order valence-electron chi connectivity index (χ2n) is 6.51. The molecule has 2 aromatic rings. The first-order valence-corrected chi connectivity index (χ1v) is 8.09. The molecule has 1 aliphatic rings. The van der Waals surface area contributed by atoms with Crippen LogP contribution in [0.15, 0.2) is 47.5 Å². The number of nitrogens with one attached hydrogen (secondary N) is 1. The van der Waals surface area contributed by atoms with Gasteiger partial charge < -0.3 is 25.3 Å². The predicted octanol–water partition coefficient (Wildman–Crippen LogP) is 3.75. The van der Waals surface area contributed by atoms with E-state index in [1.807, 2.05) is 42.5 Å². The van der Waals surface area contributed by atoms with Gasteiger partial charge in [-0.15, -0.1) is 24.0 Å². The Balaban J connectivity index is 0.00000243. The highest BCUT2D eigenvalue weighted by atomic mass is 127. The van der Waals surface area contributed by atoms with Crippen molar-refractivity contribution >= 4 is 35.6 Å². The van der Waals surface area contributed by atoms with Crippen LogP contribution in [-0.4, -0.2) is 26.4 Å². The molecule has 0 amide bonds. The largest absolute Gasteiger partial charge is 0.497 e. The second-order valence-corrected chi connectivity index (χ2v) is 6.51. The minimum Gasteiger partial charge on any atom is -0.497 e. The van der Waals surface area contributed by atoms with E-state index in [-0.39, 0.29) is 36.2 Å². The lowest BCUT2D eigenvalue weighted by molar-refractivity contribution is 0.174. The molecule has 0 saturated carbocycles. The van der Waals surface area contributed by atoms with Crippen LogP contribution < -0.4 is 25.3 Å². The van der Waals surface area contributed by atoms with Crippen LogP contribution in [0.3, 0.4) is 0 Å². The first-order valence-electron chi connectivity index (χ1n) is 8.09. The maximum absolute atomic E-state index is 6.01. The molecule has 140 valence electrons. The molecular formula is C19H24IN3O3. The van der Waals surface area contributed by atoms with Crippen LogP contribution in [0.25, 0.3) is 0 Å². The molecule has 3 N–H and O–H groups in total. The average molecular weight is 469 g/mol. The fourth-order valence-electron chi connectivity index (χ4n) is 2.55. The number of benzene rings is 2. The summed E-state index contributed by atoms with van der Waals surface area (Å²) in [7, 11) is 1.64. The van der Waals surface area contributed by atoms with Gasteiger partial charge in [0.25, 0.3) is 0 Å². The van der Waals surface area contributed by atoms with Crippen LogP contribution in [-0.2, 0) is 5.41 Å². The molecule has 1 aliphatic heterocycles. The Morgan fingerprint density at radius 2 is 1.85 bits per heavy atom. The van der Waals surface area contributed by atoms with Crippen molar-refractivity contribution in [1.82, 2.24) is 0 Å². The van der Waals surface area contributed by atoms with Gasteiger partial charge in [0.05, 0.1) is 13.7 Å². The molecule has 7 heteroatoms. The first kappa shape index (κ1) is 20.2. The van der Waals surface area contributed by atoms with Gasteiger partial charge in [0.2, 0.25) is 6.79 Å². The molecule has 0 aliphatic carbocycles. The van der Waals surface area contributed by atoms with E-state index in [4.69, 9.17) is 19.9 Å². The van der Waals surface area contributed by atoms with Crippen molar-refractivity contribution in [2.75, 3.05) is 25.8 Å². The van der Waals surface area contributed by atoms with E-state index in [9.17, 15) is 0 Å². The number of guanidine groups is 1. The summed E-state index contributed by atoms with van der Waals surface area (Å²) in [6.07, 6.45) is 0. The third-order valence-corrected chi connectivity index (χ3v) is 4.16. The molecule has 0 radical (unpaired) electrons. The Hall–Kier alpha value is -2.16. The van der Waals surface area contributed by atoms with Gasteiger partial charge in [-0.2, -0.15) is 0 Å².